The smallest absolute Gasteiger partial charge is 0.131 e. The van der Waals surface area contributed by atoms with Crippen molar-refractivity contribution in [2.75, 3.05) is 36.5 Å². The van der Waals surface area contributed by atoms with Crippen LogP contribution in [0.15, 0.2) is 54.6 Å². The van der Waals surface area contributed by atoms with Crippen molar-refractivity contribution in [2.45, 2.75) is 6.54 Å². The van der Waals surface area contributed by atoms with E-state index in [0.717, 1.165) is 47.8 Å². The topological polar surface area (TPSA) is 63.4 Å². The summed E-state index contributed by atoms with van der Waals surface area (Å²) < 4.78 is 5.88. The predicted molar refractivity (Wildman–Crippen MR) is 102 cm³/mol. The number of fused-ring (bicyclic) bond motifs is 2. The fourth-order valence-corrected chi connectivity index (χ4v) is 3.20. The summed E-state index contributed by atoms with van der Waals surface area (Å²) in [6, 6.07) is 18.5. The number of nitrogens with zero attached hydrogens (tertiary/aromatic N) is 2. The third-order valence-corrected chi connectivity index (χ3v) is 4.44. The van der Waals surface area contributed by atoms with E-state index in [1.807, 2.05) is 30.3 Å². The number of benzene rings is 2. The van der Waals surface area contributed by atoms with Crippen LogP contribution < -0.4 is 20.7 Å². The summed E-state index contributed by atoms with van der Waals surface area (Å²) in [7, 11) is 0. The number of para-hydroxylation sites is 2. The van der Waals surface area contributed by atoms with Crippen LogP contribution in [0.2, 0.25) is 0 Å². The van der Waals surface area contributed by atoms with Crippen molar-refractivity contribution in [3.8, 4) is 5.75 Å². The maximum absolute atomic E-state index is 5.88. The highest BCUT2D eigenvalue weighted by Crippen LogP contribution is 2.30. The van der Waals surface area contributed by atoms with Crippen molar-refractivity contribution in [2.24, 2.45) is 5.73 Å². The minimum Gasteiger partial charge on any atom is -0.491 e. The van der Waals surface area contributed by atoms with Gasteiger partial charge in [0.1, 0.15) is 18.2 Å². The summed E-state index contributed by atoms with van der Waals surface area (Å²) in [6.07, 6.45) is 0. The van der Waals surface area contributed by atoms with E-state index in [9.17, 15) is 0 Å². The maximum Gasteiger partial charge on any atom is 0.131 e. The van der Waals surface area contributed by atoms with Gasteiger partial charge in [-0.1, -0.05) is 36.4 Å². The molecular weight excluding hydrogens is 312 g/mol. The van der Waals surface area contributed by atoms with E-state index in [1.165, 1.54) is 5.56 Å². The SMILES string of the molecule is NCCNc1cc(N2CCOc3ccccc3C2)nc2ccccc12. The lowest BCUT2D eigenvalue weighted by molar-refractivity contribution is 0.331. The summed E-state index contributed by atoms with van der Waals surface area (Å²) in [5.41, 5.74) is 8.91. The number of nitrogens with one attached hydrogen (secondary N) is 1. The molecule has 25 heavy (non-hydrogen) atoms. The molecule has 0 spiro atoms. The molecule has 1 aliphatic rings. The van der Waals surface area contributed by atoms with Gasteiger partial charge in [0.15, 0.2) is 0 Å². The highest BCUT2D eigenvalue weighted by molar-refractivity contribution is 5.93. The molecule has 5 heteroatoms. The molecule has 0 amide bonds. The maximum atomic E-state index is 5.88. The third-order valence-electron chi connectivity index (χ3n) is 4.44. The van der Waals surface area contributed by atoms with Crippen molar-refractivity contribution >= 4 is 22.4 Å². The zero-order valence-corrected chi connectivity index (χ0v) is 14.1. The van der Waals surface area contributed by atoms with Crippen molar-refractivity contribution in [1.29, 1.82) is 0 Å². The molecule has 0 saturated carbocycles. The summed E-state index contributed by atoms with van der Waals surface area (Å²) in [5, 5.41) is 4.55. The van der Waals surface area contributed by atoms with E-state index >= 15 is 0 Å². The Morgan fingerprint density at radius 2 is 1.96 bits per heavy atom. The number of anilines is 2. The Bertz CT molecular complexity index is 880. The summed E-state index contributed by atoms with van der Waals surface area (Å²) >= 11 is 0. The van der Waals surface area contributed by atoms with Gasteiger partial charge in [-0.3, -0.25) is 0 Å². The number of pyridine rings is 1. The average molecular weight is 334 g/mol. The number of aromatic nitrogens is 1. The Morgan fingerprint density at radius 1 is 1.12 bits per heavy atom. The number of hydrogen-bond donors (Lipinski definition) is 2. The van der Waals surface area contributed by atoms with E-state index in [4.69, 9.17) is 15.5 Å². The van der Waals surface area contributed by atoms with Gasteiger partial charge in [-0.25, -0.2) is 4.98 Å². The molecule has 3 N–H and O–H groups in total. The van der Waals surface area contributed by atoms with Crippen LogP contribution in [0.4, 0.5) is 11.5 Å². The first-order chi connectivity index (χ1) is 12.3. The molecule has 1 aromatic heterocycles. The monoisotopic (exact) mass is 334 g/mol. The Morgan fingerprint density at radius 3 is 2.88 bits per heavy atom. The lowest BCUT2D eigenvalue weighted by atomic mass is 10.1. The molecule has 4 rings (SSSR count). The van der Waals surface area contributed by atoms with Crippen LogP contribution >= 0.6 is 0 Å². The minimum atomic E-state index is 0.594. The van der Waals surface area contributed by atoms with Gasteiger partial charge in [0, 0.05) is 42.3 Å². The summed E-state index contributed by atoms with van der Waals surface area (Å²) in [6.45, 7) is 3.57. The fourth-order valence-electron chi connectivity index (χ4n) is 3.20. The van der Waals surface area contributed by atoms with Crippen LogP contribution in [0.25, 0.3) is 10.9 Å². The van der Waals surface area contributed by atoms with Gasteiger partial charge in [-0.05, 0) is 12.1 Å². The van der Waals surface area contributed by atoms with Gasteiger partial charge >= 0.3 is 0 Å². The zero-order valence-electron chi connectivity index (χ0n) is 14.1. The van der Waals surface area contributed by atoms with Crippen molar-refractivity contribution < 1.29 is 4.74 Å². The second kappa shape index (κ2) is 6.99. The highest BCUT2D eigenvalue weighted by atomic mass is 16.5. The van der Waals surface area contributed by atoms with E-state index in [-0.39, 0.29) is 0 Å². The highest BCUT2D eigenvalue weighted by Gasteiger charge is 2.17. The summed E-state index contributed by atoms with van der Waals surface area (Å²) in [5.74, 6) is 1.92. The summed E-state index contributed by atoms with van der Waals surface area (Å²) in [4.78, 5) is 7.15. The number of rotatable bonds is 4. The van der Waals surface area contributed by atoms with Crippen LogP contribution in [0.3, 0.4) is 0 Å². The molecule has 3 aromatic rings. The fraction of sp³-hybridized carbons (Fsp3) is 0.250. The van der Waals surface area contributed by atoms with Gasteiger partial charge in [0.25, 0.3) is 0 Å². The molecule has 2 heterocycles. The first-order valence-electron chi connectivity index (χ1n) is 8.64. The van der Waals surface area contributed by atoms with Crippen LogP contribution in [-0.2, 0) is 6.54 Å². The molecule has 0 fully saturated rings. The molecule has 0 bridgehead atoms. The van der Waals surface area contributed by atoms with Gasteiger partial charge in [-0.15, -0.1) is 0 Å². The first-order valence-corrected chi connectivity index (χ1v) is 8.64. The van der Waals surface area contributed by atoms with Crippen LogP contribution in [0.1, 0.15) is 5.56 Å². The Hall–Kier alpha value is -2.79. The lowest BCUT2D eigenvalue weighted by Crippen LogP contribution is -2.26. The molecule has 5 nitrogen and oxygen atoms in total. The number of ether oxygens (including phenoxy) is 1. The van der Waals surface area contributed by atoms with Crippen molar-refractivity contribution in [1.82, 2.24) is 4.98 Å². The van der Waals surface area contributed by atoms with Crippen LogP contribution in [0, 0.1) is 0 Å². The Kier molecular flexibility index (Phi) is 4.39. The normalized spacial score (nSPS) is 13.9. The van der Waals surface area contributed by atoms with Crippen molar-refractivity contribution in [3.63, 3.8) is 0 Å². The molecule has 0 unspecified atom stereocenters. The second-order valence-corrected chi connectivity index (χ2v) is 6.14. The van der Waals surface area contributed by atoms with Gasteiger partial charge in [0.2, 0.25) is 0 Å². The molecular formula is C20H22N4O. The van der Waals surface area contributed by atoms with Gasteiger partial charge < -0.3 is 20.7 Å². The van der Waals surface area contributed by atoms with Gasteiger partial charge in [-0.2, -0.15) is 0 Å². The van der Waals surface area contributed by atoms with E-state index < -0.39 is 0 Å². The molecule has 128 valence electrons. The van der Waals surface area contributed by atoms with Crippen LogP contribution in [-0.4, -0.2) is 31.2 Å². The molecule has 2 aromatic carbocycles. The second-order valence-electron chi connectivity index (χ2n) is 6.14. The average Bonchev–Trinajstić information content (AvgIpc) is 2.88. The first kappa shape index (κ1) is 15.7. The molecule has 0 aliphatic carbocycles. The third kappa shape index (κ3) is 3.23. The van der Waals surface area contributed by atoms with Gasteiger partial charge in [0.05, 0.1) is 12.1 Å². The Labute approximate surface area is 147 Å². The number of nitrogens with two attached hydrogens (primary N) is 1. The van der Waals surface area contributed by atoms with E-state index in [0.29, 0.717) is 13.2 Å². The number of hydrogen-bond acceptors (Lipinski definition) is 5. The molecule has 0 radical (unpaired) electrons. The lowest BCUT2D eigenvalue weighted by Gasteiger charge is -2.22. The molecule has 1 aliphatic heterocycles. The van der Waals surface area contributed by atoms with E-state index in [2.05, 4.69) is 34.5 Å². The Balaban J connectivity index is 1.73. The largest absolute Gasteiger partial charge is 0.491 e. The van der Waals surface area contributed by atoms with E-state index in [1.54, 1.807) is 0 Å². The van der Waals surface area contributed by atoms with Crippen LogP contribution in [0.5, 0.6) is 5.75 Å². The quantitative estimate of drug-likeness (QED) is 0.768. The molecule has 0 saturated heterocycles. The minimum absolute atomic E-state index is 0.594. The molecule has 0 atom stereocenters. The van der Waals surface area contributed by atoms with Crippen molar-refractivity contribution in [3.05, 3.63) is 60.2 Å². The predicted octanol–water partition coefficient (Wildman–Crippen LogP) is 3.00. The zero-order chi connectivity index (χ0) is 17.1. The standard InChI is InChI=1S/C20H22N4O/c21-9-10-22-18-13-20(23-17-7-3-2-6-16(17)18)24-11-12-25-19-8-4-1-5-15(19)14-24/h1-8,13H,9-12,14,21H2,(H,22,23).